The number of amides is 1. The third kappa shape index (κ3) is 7.40. The minimum Gasteiger partial charge on any atom is -0.492 e. The summed E-state index contributed by atoms with van der Waals surface area (Å²) in [5.41, 5.74) is 6.47. The van der Waals surface area contributed by atoms with Crippen LogP contribution >= 0.6 is 0 Å². The van der Waals surface area contributed by atoms with E-state index in [1.54, 1.807) is 24.3 Å². The van der Waals surface area contributed by atoms with Crippen LogP contribution in [0.15, 0.2) is 54.9 Å². The van der Waals surface area contributed by atoms with E-state index in [0.717, 1.165) is 42.6 Å². The fourth-order valence-electron chi connectivity index (χ4n) is 5.08. The lowest BCUT2D eigenvalue weighted by Gasteiger charge is -2.24. The molecule has 3 N–H and O–H groups in total. The van der Waals surface area contributed by atoms with Crippen LogP contribution in [0.4, 0.5) is 22.9 Å². The summed E-state index contributed by atoms with van der Waals surface area (Å²) in [4.78, 5) is 29.7. The predicted molar refractivity (Wildman–Crippen MR) is 180 cm³/mol. The van der Waals surface area contributed by atoms with E-state index in [1.807, 2.05) is 45.9 Å². The number of hydrogen-bond acceptors (Lipinski definition) is 9. The van der Waals surface area contributed by atoms with Crippen molar-refractivity contribution >= 4 is 55.4 Å². The molecular formula is C33H39N7O4S. The van der Waals surface area contributed by atoms with Gasteiger partial charge in [-0.15, -0.1) is 0 Å². The Morgan fingerprint density at radius 3 is 2.44 bits per heavy atom. The van der Waals surface area contributed by atoms with Crippen LogP contribution < -0.4 is 20.1 Å². The largest absolute Gasteiger partial charge is 0.492 e. The molecule has 4 aromatic rings. The molecule has 2 aromatic carbocycles. The van der Waals surface area contributed by atoms with Crippen LogP contribution in [-0.4, -0.2) is 67.7 Å². The first-order valence-corrected chi connectivity index (χ1v) is 16.5. The molecule has 11 nitrogen and oxygen atoms in total. The van der Waals surface area contributed by atoms with Gasteiger partial charge in [-0.25, -0.2) is 23.4 Å². The molecule has 1 aliphatic rings. The van der Waals surface area contributed by atoms with Crippen molar-refractivity contribution in [3.05, 3.63) is 77.3 Å². The van der Waals surface area contributed by atoms with Crippen molar-refractivity contribution in [1.82, 2.24) is 19.9 Å². The molecule has 12 heteroatoms. The number of hydrogen-bond donors (Lipinski definition) is 3. The van der Waals surface area contributed by atoms with Crippen molar-refractivity contribution in [2.75, 3.05) is 48.9 Å². The van der Waals surface area contributed by atoms with Gasteiger partial charge in [0.2, 0.25) is 10.0 Å². The number of ether oxygens (including phenoxy) is 1. The molecule has 0 bridgehead atoms. The fraction of sp³-hybridized carbons (Fsp3) is 0.333. The summed E-state index contributed by atoms with van der Waals surface area (Å²) < 4.78 is 32.3. The van der Waals surface area contributed by atoms with Gasteiger partial charge in [-0.3, -0.25) is 9.52 Å². The average molecular weight is 630 g/mol. The number of nitrogens with one attached hydrogen (secondary N) is 3. The number of fused-ring (bicyclic) bond motifs is 1. The number of anilines is 4. The molecule has 0 aliphatic carbocycles. The van der Waals surface area contributed by atoms with E-state index in [2.05, 4.69) is 43.3 Å². The number of aromatic nitrogens is 3. The van der Waals surface area contributed by atoms with Gasteiger partial charge in [0.05, 0.1) is 36.0 Å². The summed E-state index contributed by atoms with van der Waals surface area (Å²) in [6, 6.07) is 12.8. The van der Waals surface area contributed by atoms with Gasteiger partial charge in [-0.1, -0.05) is 32.9 Å². The number of likely N-dealkylation sites (N-methyl/N-ethyl adjacent to an activating group) is 1. The summed E-state index contributed by atoms with van der Waals surface area (Å²) in [7, 11) is -0.0819. The number of benzene rings is 2. The third-order valence-corrected chi connectivity index (χ3v) is 8.27. The number of nitrogens with zero attached hydrogens (tertiary/aromatic N) is 4. The summed E-state index contributed by atoms with van der Waals surface area (Å²) in [6.45, 7) is 9.79. The Labute approximate surface area is 264 Å². The van der Waals surface area contributed by atoms with Crippen LogP contribution in [0.25, 0.3) is 16.6 Å². The third-order valence-electron chi connectivity index (χ3n) is 7.68. The summed E-state index contributed by atoms with van der Waals surface area (Å²) in [5, 5.41) is 6.30. The van der Waals surface area contributed by atoms with Crippen LogP contribution in [-0.2, 0) is 15.4 Å². The molecule has 0 unspecified atom stereocenters. The molecule has 1 aliphatic heterocycles. The van der Waals surface area contributed by atoms with Gasteiger partial charge in [-0.05, 0) is 78.9 Å². The second-order valence-corrected chi connectivity index (χ2v) is 14.1. The molecular weight excluding hydrogens is 590 g/mol. The number of methoxy groups -OCH3 is 1. The van der Waals surface area contributed by atoms with Crippen LogP contribution in [0.3, 0.4) is 0 Å². The maximum Gasteiger partial charge on any atom is 0.255 e. The molecule has 1 amide bonds. The number of pyridine rings is 1. The molecule has 236 valence electrons. The molecule has 0 fully saturated rings. The molecule has 0 radical (unpaired) electrons. The lowest BCUT2D eigenvalue weighted by molar-refractivity contribution is 0.102. The zero-order valence-corrected chi connectivity index (χ0v) is 27.5. The van der Waals surface area contributed by atoms with Crippen LogP contribution in [0.5, 0.6) is 5.75 Å². The zero-order chi connectivity index (χ0) is 32.5. The first-order chi connectivity index (χ1) is 21.2. The fourth-order valence-corrected chi connectivity index (χ4v) is 5.64. The van der Waals surface area contributed by atoms with E-state index < -0.39 is 15.9 Å². The van der Waals surface area contributed by atoms with E-state index in [1.165, 1.54) is 19.0 Å². The maximum atomic E-state index is 13.6. The average Bonchev–Trinajstić information content (AvgIpc) is 2.97. The lowest BCUT2D eigenvalue weighted by atomic mass is 9.86. The van der Waals surface area contributed by atoms with Crippen LogP contribution in [0, 0.1) is 6.92 Å². The van der Waals surface area contributed by atoms with E-state index in [0.29, 0.717) is 33.8 Å². The van der Waals surface area contributed by atoms with Crippen molar-refractivity contribution in [3.8, 4) is 5.75 Å². The Bertz CT molecular complexity index is 1920. The smallest absolute Gasteiger partial charge is 0.255 e. The highest BCUT2D eigenvalue weighted by Crippen LogP contribution is 2.39. The van der Waals surface area contributed by atoms with Gasteiger partial charge in [0.15, 0.2) is 11.6 Å². The van der Waals surface area contributed by atoms with E-state index in [-0.39, 0.29) is 16.9 Å². The van der Waals surface area contributed by atoms with Crippen molar-refractivity contribution in [3.63, 3.8) is 0 Å². The SMILES string of the molecule is COc1c(NC(=O)c2ccc(C)c(Nc3ncnc4ccc(C5=CCN(C)CC5)nc34)c2)cc(C(C)(C)C)cc1NS(C)(=O)=O. The zero-order valence-electron chi connectivity index (χ0n) is 26.6. The minimum absolute atomic E-state index is 0.210. The Morgan fingerprint density at radius 1 is 1.02 bits per heavy atom. The van der Waals surface area contributed by atoms with Crippen LogP contribution in [0.2, 0.25) is 0 Å². The quantitative estimate of drug-likeness (QED) is 0.223. The molecule has 5 rings (SSSR count). The van der Waals surface area contributed by atoms with Gasteiger partial charge < -0.3 is 20.3 Å². The second kappa shape index (κ2) is 12.4. The Balaban J connectivity index is 1.47. The summed E-state index contributed by atoms with van der Waals surface area (Å²) in [5.74, 6) is 0.350. The van der Waals surface area contributed by atoms with E-state index in [9.17, 15) is 13.2 Å². The Kier molecular flexibility index (Phi) is 8.81. The molecule has 2 aromatic heterocycles. The van der Waals surface area contributed by atoms with E-state index >= 15 is 0 Å². The summed E-state index contributed by atoms with van der Waals surface area (Å²) >= 11 is 0. The first-order valence-electron chi connectivity index (χ1n) is 14.6. The molecule has 45 heavy (non-hydrogen) atoms. The van der Waals surface area contributed by atoms with Gasteiger partial charge >= 0.3 is 0 Å². The van der Waals surface area contributed by atoms with Gasteiger partial charge in [0, 0.05) is 24.3 Å². The number of carbonyl (C=O) groups is 1. The topological polar surface area (TPSA) is 138 Å². The lowest BCUT2D eigenvalue weighted by Crippen LogP contribution is -2.23. The highest BCUT2D eigenvalue weighted by molar-refractivity contribution is 7.92. The number of aryl methyl sites for hydroxylation is 1. The number of carbonyl (C=O) groups excluding carboxylic acids is 1. The standard InChI is InChI=1S/C33H39N7O4S/c1-20-8-9-22(32(41)38-27-17-23(33(2,3)4)18-28(30(27)44-6)39-45(7,42)43)16-26(20)37-31-29-25(34-19-35-31)11-10-24(36-29)21-12-14-40(5)15-13-21/h8-12,16-19,39H,13-15H2,1-7H3,(H,38,41)(H,34,35,37). The predicted octanol–water partition coefficient (Wildman–Crippen LogP) is 5.73. The minimum atomic E-state index is -3.61. The van der Waals surface area contributed by atoms with Crippen molar-refractivity contribution < 1.29 is 17.9 Å². The molecule has 0 spiro atoms. The Morgan fingerprint density at radius 2 is 1.78 bits per heavy atom. The van der Waals surface area contributed by atoms with Crippen LogP contribution in [0.1, 0.15) is 54.4 Å². The van der Waals surface area contributed by atoms with E-state index in [4.69, 9.17) is 9.72 Å². The highest BCUT2D eigenvalue weighted by Gasteiger charge is 2.23. The number of sulfonamides is 1. The molecule has 0 saturated carbocycles. The summed E-state index contributed by atoms with van der Waals surface area (Å²) in [6.07, 6.45) is 5.67. The Hall–Kier alpha value is -4.55. The van der Waals surface area contributed by atoms with Gasteiger partial charge in [0.25, 0.3) is 5.91 Å². The molecule has 0 saturated heterocycles. The second-order valence-electron chi connectivity index (χ2n) is 12.4. The maximum absolute atomic E-state index is 13.6. The van der Waals surface area contributed by atoms with Crippen molar-refractivity contribution in [1.29, 1.82) is 0 Å². The molecule has 3 heterocycles. The van der Waals surface area contributed by atoms with Gasteiger partial charge in [-0.2, -0.15) is 0 Å². The van der Waals surface area contributed by atoms with Gasteiger partial charge in [0.1, 0.15) is 11.8 Å². The van der Waals surface area contributed by atoms with Crippen molar-refractivity contribution in [2.45, 2.75) is 39.5 Å². The highest BCUT2D eigenvalue weighted by atomic mass is 32.2. The number of rotatable bonds is 8. The normalized spacial score (nSPS) is 14.2. The van der Waals surface area contributed by atoms with Crippen molar-refractivity contribution in [2.24, 2.45) is 0 Å². The monoisotopic (exact) mass is 629 g/mol. The first kappa shape index (κ1) is 31.9. The molecule has 0 atom stereocenters.